The van der Waals surface area contributed by atoms with Crippen molar-refractivity contribution >= 4 is 27.9 Å². The Labute approximate surface area is 156 Å². The quantitative estimate of drug-likeness (QED) is 0.522. The molecule has 25 heavy (non-hydrogen) atoms. The van der Waals surface area contributed by atoms with Gasteiger partial charge in [-0.1, -0.05) is 54.6 Å². The minimum atomic E-state index is -0.515. The van der Waals surface area contributed by atoms with Crippen molar-refractivity contribution in [3.8, 4) is 5.75 Å². The van der Waals surface area contributed by atoms with Gasteiger partial charge in [-0.15, -0.1) is 6.58 Å². The van der Waals surface area contributed by atoms with E-state index >= 15 is 0 Å². The molecule has 2 aromatic carbocycles. The standard InChI is InChI=1S/C21H20BrNO2/c1-3-13-23-19(15(2)14-16-9-5-4-6-10-16)20(21(23)24)25-18-12-8-7-11-17(18)22/h3-12,14,19-20H,1,13H2,2H3/b15-14+/t19-,20+/m1/s1. The number of hydrogen-bond acceptors (Lipinski definition) is 2. The third kappa shape index (κ3) is 3.69. The van der Waals surface area contributed by atoms with Gasteiger partial charge in [0.25, 0.3) is 5.91 Å². The number of nitrogens with zero attached hydrogens (tertiary/aromatic N) is 1. The fourth-order valence-electron chi connectivity index (χ4n) is 3.03. The van der Waals surface area contributed by atoms with Crippen molar-refractivity contribution in [1.29, 1.82) is 0 Å². The first-order chi connectivity index (χ1) is 12.1. The summed E-state index contributed by atoms with van der Waals surface area (Å²) in [5, 5.41) is 0. The molecule has 0 unspecified atom stereocenters. The van der Waals surface area contributed by atoms with E-state index in [0.717, 1.165) is 15.6 Å². The van der Waals surface area contributed by atoms with Crippen LogP contribution < -0.4 is 4.74 Å². The van der Waals surface area contributed by atoms with Crippen LogP contribution in [0.3, 0.4) is 0 Å². The van der Waals surface area contributed by atoms with Gasteiger partial charge in [0.2, 0.25) is 6.10 Å². The molecule has 1 aliphatic rings. The topological polar surface area (TPSA) is 29.5 Å². The fraction of sp³-hybridized carbons (Fsp3) is 0.190. The minimum Gasteiger partial charge on any atom is -0.477 e. The van der Waals surface area contributed by atoms with Crippen molar-refractivity contribution in [3.05, 3.63) is 82.9 Å². The third-order valence-electron chi connectivity index (χ3n) is 4.23. The number of benzene rings is 2. The van der Waals surface area contributed by atoms with Crippen LogP contribution in [-0.2, 0) is 4.79 Å². The molecule has 1 amide bonds. The van der Waals surface area contributed by atoms with Crippen molar-refractivity contribution in [2.24, 2.45) is 0 Å². The number of carbonyl (C=O) groups excluding carboxylic acids is 1. The van der Waals surface area contributed by atoms with Gasteiger partial charge < -0.3 is 9.64 Å². The zero-order valence-corrected chi connectivity index (χ0v) is 15.6. The van der Waals surface area contributed by atoms with Crippen LogP contribution >= 0.6 is 15.9 Å². The number of likely N-dealkylation sites (tertiary alicyclic amines) is 1. The van der Waals surface area contributed by atoms with E-state index in [1.165, 1.54) is 0 Å². The predicted molar refractivity (Wildman–Crippen MR) is 104 cm³/mol. The van der Waals surface area contributed by atoms with E-state index in [0.29, 0.717) is 12.3 Å². The average molecular weight is 398 g/mol. The van der Waals surface area contributed by atoms with Crippen LogP contribution in [0.4, 0.5) is 0 Å². The fourth-order valence-corrected chi connectivity index (χ4v) is 3.41. The molecule has 4 heteroatoms. The summed E-state index contributed by atoms with van der Waals surface area (Å²) in [6.45, 7) is 6.31. The summed E-state index contributed by atoms with van der Waals surface area (Å²) in [5.41, 5.74) is 2.20. The molecule has 2 aromatic rings. The normalized spacial score (nSPS) is 20.2. The van der Waals surface area contributed by atoms with Gasteiger partial charge in [0.1, 0.15) is 5.75 Å². The average Bonchev–Trinajstić information content (AvgIpc) is 2.62. The lowest BCUT2D eigenvalue weighted by Crippen LogP contribution is -2.67. The first-order valence-electron chi connectivity index (χ1n) is 8.17. The highest BCUT2D eigenvalue weighted by Crippen LogP contribution is 2.33. The highest BCUT2D eigenvalue weighted by atomic mass is 79.9. The van der Waals surface area contributed by atoms with E-state index in [2.05, 4.69) is 28.6 Å². The van der Waals surface area contributed by atoms with Gasteiger partial charge in [-0.2, -0.15) is 0 Å². The van der Waals surface area contributed by atoms with Crippen LogP contribution in [0, 0.1) is 0 Å². The molecule has 128 valence electrons. The zero-order chi connectivity index (χ0) is 17.8. The molecule has 1 saturated heterocycles. The summed E-state index contributed by atoms with van der Waals surface area (Å²) >= 11 is 3.47. The number of para-hydroxylation sites is 1. The van der Waals surface area contributed by atoms with Crippen LogP contribution in [0.2, 0.25) is 0 Å². The molecule has 3 rings (SSSR count). The highest BCUT2D eigenvalue weighted by molar-refractivity contribution is 9.10. The number of halogens is 1. The van der Waals surface area contributed by atoms with Gasteiger partial charge in [0.15, 0.2) is 0 Å². The van der Waals surface area contributed by atoms with E-state index in [4.69, 9.17) is 4.74 Å². The van der Waals surface area contributed by atoms with E-state index in [-0.39, 0.29) is 11.9 Å². The molecule has 0 bridgehead atoms. The molecule has 0 N–H and O–H groups in total. The predicted octanol–water partition coefficient (Wildman–Crippen LogP) is 4.70. The Balaban J connectivity index is 1.86. The van der Waals surface area contributed by atoms with E-state index in [1.54, 1.807) is 11.0 Å². The molecule has 0 aliphatic carbocycles. The molecule has 1 fully saturated rings. The number of β-lactam (4-membered cyclic amide) rings is 1. The zero-order valence-electron chi connectivity index (χ0n) is 14.1. The van der Waals surface area contributed by atoms with Crippen molar-refractivity contribution in [3.63, 3.8) is 0 Å². The second kappa shape index (κ2) is 7.70. The molecule has 0 aromatic heterocycles. The number of ether oxygens (including phenoxy) is 1. The number of hydrogen-bond donors (Lipinski definition) is 0. The van der Waals surface area contributed by atoms with Crippen LogP contribution in [0.25, 0.3) is 6.08 Å². The van der Waals surface area contributed by atoms with Crippen LogP contribution in [0.1, 0.15) is 12.5 Å². The van der Waals surface area contributed by atoms with Gasteiger partial charge in [0.05, 0.1) is 10.5 Å². The SMILES string of the molecule is C=CCN1C(=O)[C@@H](Oc2ccccc2Br)[C@H]1/C(C)=C/c1ccccc1. The Kier molecular flexibility index (Phi) is 5.39. The Morgan fingerprint density at radius 3 is 2.56 bits per heavy atom. The molecule has 1 heterocycles. The summed E-state index contributed by atoms with van der Waals surface area (Å²) in [7, 11) is 0. The molecule has 2 atom stereocenters. The molecule has 0 spiro atoms. The van der Waals surface area contributed by atoms with Gasteiger partial charge >= 0.3 is 0 Å². The summed E-state index contributed by atoms with van der Waals surface area (Å²) in [6, 6.07) is 17.6. The number of rotatable bonds is 6. The van der Waals surface area contributed by atoms with Crippen molar-refractivity contribution in [1.82, 2.24) is 4.90 Å². The van der Waals surface area contributed by atoms with Crippen LogP contribution in [0.15, 0.2) is 77.3 Å². The lowest BCUT2D eigenvalue weighted by molar-refractivity contribution is -0.158. The Bertz CT molecular complexity index is 801. The monoisotopic (exact) mass is 397 g/mol. The van der Waals surface area contributed by atoms with E-state index < -0.39 is 6.10 Å². The summed E-state index contributed by atoms with van der Waals surface area (Å²) in [6.07, 6.45) is 3.33. The van der Waals surface area contributed by atoms with Crippen LogP contribution in [0.5, 0.6) is 5.75 Å². The smallest absolute Gasteiger partial charge is 0.267 e. The molecule has 3 nitrogen and oxygen atoms in total. The lowest BCUT2D eigenvalue weighted by Gasteiger charge is -2.46. The first kappa shape index (κ1) is 17.5. The maximum absolute atomic E-state index is 12.5. The molecular weight excluding hydrogens is 378 g/mol. The van der Waals surface area contributed by atoms with Crippen LogP contribution in [-0.4, -0.2) is 29.5 Å². The molecule has 0 radical (unpaired) electrons. The maximum Gasteiger partial charge on any atom is 0.267 e. The van der Waals surface area contributed by atoms with Gasteiger partial charge in [-0.3, -0.25) is 4.79 Å². The Morgan fingerprint density at radius 1 is 1.20 bits per heavy atom. The third-order valence-corrected chi connectivity index (χ3v) is 4.88. The van der Waals surface area contributed by atoms with Crippen molar-refractivity contribution in [2.45, 2.75) is 19.1 Å². The number of amides is 1. The Morgan fingerprint density at radius 2 is 1.88 bits per heavy atom. The van der Waals surface area contributed by atoms with Gasteiger partial charge in [-0.25, -0.2) is 0 Å². The summed E-state index contributed by atoms with van der Waals surface area (Å²) < 4.78 is 6.87. The largest absolute Gasteiger partial charge is 0.477 e. The van der Waals surface area contributed by atoms with Crippen molar-refractivity contribution < 1.29 is 9.53 Å². The first-order valence-corrected chi connectivity index (χ1v) is 8.97. The molecule has 1 aliphatic heterocycles. The van der Waals surface area contributed by atoms with Gasteiger partial charge in [0, 0.05) is 6.54 Å². The minimum absolute atomic E-state index is 0.0125. The van der Waals surface area contributed by atoms with Gasteiger partial charge in [-0.05, 0) is 46.1 Å². The second-order valence-corrected chi connectivity index (χ2v) is 6.85. The molecular formula is C21H20BrNO2. The summed E-state index contributed by atoms with van der Waals surface area (Å²) in [5.74, 6) is 0.665. The Hall–Kier alpha value is -2.33. The van der Waals surface area contributed by atoms with E-state index in [9.17, 15) is 4.79 Å². The summed E-state index contributed by atoms with van der Waals surface area (Å²) in [4.78, 5) is 14.3. The number of carbonyl (C=O) groups is 1. The molecule has 0 saturated carbocycles. The van der Waals surface area contributed by atoms with Crippen molar-refractivity contribution in [2.75, 3.05) is 6.54 Å². The second-order valence-electron chi connectivity index (χ2n) is 5.99. The maximum atomic E-state index is 12.5. The van der Waals surface area contributed by atoms with E-state index in [1.807, 2.05) is 61.5 Å². The highest BCUT2D eigenvalue weighted by Gasteiger charge is 2.49. The lowest BCUT2D eigenvalue weighted by atomic mass is 9.90.